The van der Waals surface area contributed by atoms with E-state index >= 15 is 0 Å². The summed E-state index contributed by atoms with van der Waals surface area (Å²) in [7, 11) is 0. The molecule has 0 fully saturated rings. The van der Waals surface area contributed by atoms with E-state index in [-0.39, 0.29) is 17.7 Å². The summed E-state index contributed by atoms with van der Waals surface area (Å²) in [6.45, 7) is 6.38. The molecule has 1 atom stereocenters. The molecule has 0 aliphatic heterocycles. The lowest BCUT2D eigenvalue weighted by Gasteiger charge is -2.15. The molecule has 2 rings (SSSR count). The fourth-order valence-corrected chi connectivity index (χ4v) is 3.04. The van der Waals surface area contributed by atoms with E-state index < -0.39 is 5.91 Å². The molecule has 7 nitrogen and oxygen atoms in total. The number of nitrogens with two attached hydrogens (primary N) is 1. The van der Waals surface area contributed by atoms with Gasteiger partial charge in [0, 0.05) is 12.1 Å². The maximum Gasteiger partial charge on any atom is 0.251 e. The highest BCUT2D eigenvalue weighted by molar-refractivity contribution is 7.99. The van der Waals surface area contributed by atoms with E-state index in [0.29, 0.717) is 23.1 Å². The molecule has 0 aliphatic carbocycles. The van der Waals surface area contributed by atoms with Gasteiger partial charge in [0.1, 0.15) is 0 Å². The van der Waals surface area contributed by atoms with Gasteiger partial charge >= 0.3 is 0 Å². The SMILES string of the molecule is CCn1c(SCC(N)=O)nnc1[C@H](C)NC(=O)c1cccc(C)c1. The zero-order chi connectivity index (χ0) is 17.7. The van der Waals surface area contributed by atoms with Crippen LogP contribution < -0.4 is 11.1 Å². The van der Waals surface area contributed by atoms with Gasteiger partial charge in [0.05, 0.1) is 11.8 Å². The smallest absolute Gasteiger partial charge is 0.251 e. The fourth-order valence-electron chi connectivity index (χ4n) is 2.29. The number of hydrogen-bond donors (Lipinski definition) is 2. The van der Waals surface area contributed by atoms with Gasteiger partial charge in [0.2, 0.25) is 5.91 Å². The summed E-state index contributed by atoms with van der Waals surface area (Å²) in [6.07, 6.45) is 0. The lowest BCUT2D eigenvalue weighted by molar-refractivity contribution is -0.115. The van der Waals surface area contributed by atoms with Crippen LogP contribution in [-0.2, 0) is 11.3 Å². The third-order valence-electron chi connectivity index (χ3n) is 3.42. The van der Waals surface area contributed by atoms with Gasteiger partial charge in [0.25, 0.3) is 5.91 Å². The topological polar surface area (TPSA) is 103 Å². The second kappa shape index (κ2) is 7.96. The minimum atomic E-state index is -0.409. The number of primary amides is 1. The predicted molar refractivity (Wildman–Crippen MR) is 92.7 cm³/mol. The van der Waals surface area contributed by atoms with E-state index in [4.69, 9.17) is 5.73 Å². The summed E-state index contributed by atoms with van der Waals surface area (Å²) in [5.41, 5.74) is 6.80. The van der Waals surface area contributed by atoms with Gasteiger partial charge < -0.3 is 15.6 Å². The van der Waals surface area contributed by atoms with Crippen LogP contribution >= 0.6 is 11.8 Å². The molecule has 0 saturated carbocycles. The summed E-state index contributed by atoms with van der Waals surface area (Å²) >= 11 is 1.24. The average Bonchev–Trinajstić information content (AvgIpc) is 2.95. The van der Waals surface area contributed by atoms with Gasteiger partial charge in [0.15, 0.2) is 11.0 Å². The molecule has 3 N–H and O–H groups in total. The Balaban J connectivity index is 2.13. The molecule has 24 heavy (non-hydrogen) atoms. The van der Waals surface area contributed by atoms with E-state index in [2.05, 4.69) is 15.5 Å². The summed E-state index contributed by atoms with van der Waals surface area (Å²) in [6, 6.07) is 7.08. The van der Waals surface area contributed by atoms with Crippen molar-refractivity contribution in [3.05, 3.63) is 41.2 Å². The summed E-state index contributed by atoms with van der Waals surface area (Å²) < 4.78 is 1.87. The van der Waals surface area contributed by atoms with Crippen molar-refractivity contribution in [3.8, 4) is 0 Å². The van der Waals surface area contributed by atoms with Crippen molar-refractivity contribution in [2.75, 3.05) is 5.75 Å². The highest BCUT2D eigenvalue weighted by Crippen LogP contribution is 2.20. The van der Waals surface area contributed by atoms with Gasteiger partial charge in [-0.3, -0.25) is 9.59 Å². The van der Waals surface area contributed by atoms with Crippen LogP contribution in [0.25, 0.3) is 0 Å². The zero-order valence-electron chi connectivity index (χ0n) is 13.9. The number of aromatic nitrogens is 3. The van der Waals surface area contributed by atoms with E-state index in [1.54, 1.807) is 6.07 Å². The number of nitrogens with one attached hydrogen (secondary N) is 1. The number of carbonyl (C=O) groups is 2. The molecule has 0 aliphatic rings. The third-order valence-corrected chi connectivity index (χ3v) is 4.41. The van der Waals surface area contributed by atoms with Crippen LogP contribution in [0, 0.1) is 6.92 Å². The number of carbonyl (C=O) groups excluding carboxylic acids is 2. The highest BCUT2D eigenvalue weighted by atomic mass is 32.2. The number of hydrogen-bond acceptors (Lipinski definition) is 5. The Bertz CT molecular complexity index is 744. The first-order valence-electron chi connectivity index (χ1n) is 7.64. The molecule has 1 aromatic carbocycles. The van der Waals surface area contributed by atoms with E-state index in [9.17, 15) is 9.59 Å². The number of amides is 2. The standard InChI is InChI=1S/C16H21N5O2S/c1-4-21-14(19-20-16(21)24-9-13(17)22)11(3)18-15(23)12-7-5-6-10(2)8-12/h5-8,11H,4,9H2,1-3H3,(H2,17,22)(H,18,23)/t11-/m0/s1. The molecule has 0 unspecified atom stereocenters. The van der Waals surface area contributed by atoms with Gasteiger partial charge in [-0.25, -0.2) is 0 Å². The molecule has 0 saturated heterocycles. The minimum absolute atomic E-state index is 0.141. The first-order chi connectivity index (χ1) is 11.4. The normalized spacial score (nSPS) is 12.0. The van der Waals surface area contributed by atoms with Crippen molar-refractivity contribution in [2.45, 2.75) is 38.5 Å². The maximum absolute atomic E-state index is 12.4. The van der Waals surface area contributed by atoms with Crippen molar-refractivity contribution in [1.82, 2.24) is 20.1 Å². The number of aryl methyl sites for hydroxylation is 1. The Hall–Kier alpha value is -2.35. The van der Waals surface area contributed by atoms with Crippen molar-refractivity contribution >= 4 is 23.6 Å². The quantitative estimate of drug-likeness (QED) is 0.742. The average molecular weight is 347 g/mol. The van der Waals surface area contributed by atoms with Crippen LogP contribution in [0.4, 0.5) is 0 Å². The molecule has 2 aromatic rings. The number of nitrogens with zero attached hydrogens (tertiary/aromatic N) is 3. The van der Waals surface area contributed by atoms with Crippen molar-refractivity contribution in [3.63, 3.8) is 0 Å². The second-order valence-electron chi connectivity index (χ2n) is 5.40. The number of thioether (sulfide) groups is 1. The van der Waals surface area contributed by atoms with E-state index in [1.165, 1.54) is 11.8 Å². The third kappa shape index (κ3) is 4.35. The Labute approximate surface area is 145 Å². The van der Waals surface area contributed by atoms with Gasteiger partial charge in [-0.1, -0.05) is 29.5 Å². The monoisotopic (exact) mass is 347 g/mol. The summed E-state index contributed by atoms with van der Waals surface area (Å²) in [4.78, 5) is 23.3. The predicted octanol–water partition coefficient (Wildman–Crippen LogP) is 1.67. The Morgan fingerprint density at radius 1 is 1.38 bits per heavy atom. The number of rotatable bonds is 7. The van der Waals surface area contributed by atoms with Crippen molar-refractivity contribution < 1.29 is 9.59 Å². The summed E-state index contributed by atoms with van der Waals surface area (Å²) in [5, 5.41) is 11.8. The Morgan fingerprint density at radius 3 is 2.75 bits per heavy atom. The molecule has 2 amide bonds. The van der Waals surface area contributed by atoms with Crippen LogP contribution in [-0.4, -0.2) is 32.3 Å². The van der Waals surface area contributed by atoms with Crippen LogP contribution in [0.2, 0.25) is 0 Å². The highest BCUT2D eigenvalue weighted by Gasteiger charge is 2.19. The first-order valence-corrected chi connectivity index (χ1v) is 8.62. The zero-order valence-corrected chi connectivity index (χ0v) is 14.8. The molecule has 1 heterocycles. The van der Waals surface area contributed by atoms with Crippen LogP contribution in [0.1, 0.15) is 41.6 Å². The van der Waals surface area contributed by atoms with E-state index in [0.717, 1.165) is 5.56 Å². The lowest BCUT2D eigenvalue weighted by Crippen LogP contribution is -2.28. The Morgan fingerprint density at radius 2 is 2.12 bits per heavy atom. The van der Waals surface area contributed by atoms with Gasteiger partial charge in [-0.05, 0) is 32.9 Å². The second-order valence-corrected chi connectivity index (χ2v) is 6.35. The molecule has 0 radical (unpaired) electrons. The Kier molecular flexibility index (Phi) is 5.97. The molecule has 1 aromatic heterocycles. The van der Waals surface area contributed by atoms with Crippen molar-refractivity contribution in [2.24, 2.45) is 5.73 Å². The van der Waals surface area contributed by atoms with Crippen molar-refractivity contribution in [1.29, 1.82) is 0 Å². The molecular weight excluding hydrogens is 326 g/mol. The minimum Gasteiger partial charge on any atom is -0.369 e. The van der Waals surface area contributed by atoms with E-state index in [1.807, 2.05) is 43.5 Å². The van der Waals surface area contributed by atoms with Gasteiger partial charge in [-0.15, -0.1) is 10.2 Å². The molecule has 0 spiro atoms. The molecular formula is C16H21N5O2S. The van der Waals surface area contributed by atoms with Crippen LogP contribution in [0.3, 0.4) is 0 Å². The molecule has 128 valence electrons. The maximum atomic E-state index is 12.4. The summed E-state index contributed by atoms with van der Waals surface area (Å²) in [5.74, 6) is 0.212. The van der Waals surface area contributed by atoms with Crippen LogP contribution in [0.5, 0.6) is 0 Å². The van der Waals surface area contributed by atoms with Crippen LogP contribution in [0.15, 0.2) is 29.4 Å². The molecule has 0 bridgehead atoms. The lowest BCUT2D eigenvalue weighted by atomic mass is 10.1. The number of benzene rings is 1. The largest absolute Gasteiger partial charge is 0.369 e. The fraction of sp³-hybridized carbons (Fsp3) is 0.375. The van der Waals surface area contributed by atoms with Gasteiger partial charge in [-0.2, -0.15) is 0 Å². The first kappa shape index (κ1) is 18.0. The molecule has 8 heteroatoms.